The van der Waals surface area contributed by atoms with E-state index in [4.69, 9.17) is 0 Å². The van der Waals surface area contributed by atoms with Gasteiger partial charge >= 0.3 is 0 Å². The van der Waals surface area contributed by atoms with Gasteiger partial charge in [-0.1, -0.05) is 13.8 Å². The van der Waals surface area contributed by atoms with Crippen LogP contribution in [-0.4, -0.2) is 13.6 Å². The highest BCUT2D eigenvalue weighted by molar-refractivity contribution is 5.23. The van der Waals surface area contributed by atoms with Gasteiger partial charge < -0.3 is 5.32 Å². The first kappa shape index (κ1) is 12.1. The average Bonchev–Trinajstić information content (AvgIpc) is 2.18. The molecular weight excluding hydrogens is 196 g/mol. The van der Waals surface area contributed by atoms with Crippen LogP contribution in [0.3, 0.4) is 0 Å². The minimum Gasteiger partial charge on any atom is -0.319 e. The van der Waals surface area contributed by atoms with Crippen LogP contribution in [0.25, 0.3) is 0 Å². The molecule has 0 bridgehead atoms. The molecule has 0 aliphatic carbocycles. The molecule has 0 aromatic heterocycles. The Bertz CT molecular complexity index is 323. The standard InChI is InChI=1S/C12H17F2N/c1-8(2)11(7-15-3)10-6-9(13)4-5-12(10)14/h4-6,8,11,15H,7H2,1-3H3. The molecule has 1 aromatic carbocycles. The maximum absolute atomic E-state index is 13.5. The largest absolute Gasteiger partial charge is 0.319 e. The molecule has 3 heteroatoms. The molecule has 0 aliphatic rings. The van der Waals surface area contributed by atoms with Crippen molar-refractivity contribution in [2.24, 2.45) is 5.92 Å². The quantitative estimate of drug-likeness (QED) is 0.810. The number of benzene rings is 1. The molecule has 1 atom stereocenters. The summed E-state index contributed by atoms with van der Waals surface area (Å²) in [5.41, 5.74) is 0.458. The fourth-order valence-corrected chi connectivity index (χ4v) is 1.72. The van der Waals surface area contributed by atoms with Crippen molar-refractivity contribution in [3.05, 3.63) is 35.4 Å². The van der Waals surface area contributed by atoms with Crippen molar-refractivity contribution >= 4 is 0 Å². The Morgan fingerprint density at radius 2 is 1.93 bits per heavy atom. The Hall–Kier alpha value is -0.960. The SMILES string of the molecule is CNCC(c1cc(F)ccc1F)C(C)C. The van der Waals surface area contributed by atoms with Gasteiger partial charge in [0.25, 0.3) is 0 Å². The summed E-state index contributed by atoms with van der Waals surface area (Å²) in [4.78, 5) is 0. The first-order valence-corrected chi connectivity index (χ1v) is 5.15. The molecule has 1 unspecified atom stereocenters. The van der Waals surface area contributed by atoms with E-state index in [1.54, 1.807) is 0 Å². The van der Waals surface area contributed by atoms with Crippen LogP contribution in [0, 0.1) is 17.6 Å². The minimum absolute atomic E-state index is 0.00528. The van der Waals surface area contributed by atoms with Crippen LogP contribution < -0.4 is 5.32 Å². The lowest BCUT2D eigenvalue weighted by Crippen LogP contribution is -2.22. The van der Waals surface area contributed by atoms with Crippen molar-refractivity contribution in [2.45, 2.75) is 19.8 Å². The Morgan fingerprint density at radius 3 is 2.47 bits per heavy atom. The molecule has 15 heavy (non-hydrogen) atoms. The Balaban J connectivity index is 3.04. The van der Waals surface area contributed by atoms with Crippen LogP contribution in [-0.2, 0) is 0 Å². The van der Waals surface area contributed by atoms with Crippen LogP contribution in [0.2, 0.25) is 0 Å². The van der Waals surface area contributed by atoms with E-state index in [0.717, 1.165) is 6.07 Å². The van der Waals surface area contributed by atoms with Gasteiger partial charge in [-0.3, -0.25) is 0 Å². The summed E-state index contributed by atoms with van der Waals surface area (Å²) in [6.45, 7) is 4.66. The summed E-state index contributed by atoms with van der Waals surface area (Å²) in [7, 11) is 1.81. The Labute approximate surface area is 89.5 Å². The molecular formula is C12H17F2N. The lowest BCUT2D eigenvalue weighted by atomic mass is 9.88. The fourth-order valence-electron chi connectivity index (χ4n) is 1.72. The second-order valence-electron chi connectivity index (χ2n) is 4.07. The van der Waals surface area contributed by atoms with E-state index in [1.165, 1.54) is 12.1 Å². The second-order valence-corrected chi connectivity index (χ2v) is 4.07. The molecule has 1 rings (SSSR count). The maximum Gasteiger partial charge on any atom is 0.126 e. The van der Waals surface area contributed by atoms with Crippen LogP contribution in [0.15, 0.2) is 18.2 Å². The zero-order chi connectivity index (χ0) is 11.4. The van der Waals surface area contributed by atoms with Gasteiger partial charge in [0.2, 0.25) is 0 Å². The van der Waals surface area contributed by atoms with E-state index >= 15 is 0 Å². The molecule has 0 saturated carbocycles. The topological polar surface area (TPSA) is 12.0 Å². The number of likely N-dealkylation sites (N-methyl/N-ethyl adjacent to an activating group) is 1. The van der Waals surface area contributed by atoms with E-state index in [-0.39, 0.29) is 23.5 Å². The van der Waals surface area contributed by atoms with E-state index in [9.17, 15) is 8.78 Å². The van der Waals surface area contributed by atoms with E-state index < -0.39 is 0 Å². The van der Waals surface area contributed by atoms with E-state index in [0.29, 0.717) is 12.1 Å². The predicted octanol–water partition coefficient (Wildman–Crippen LogP) is 2.92. The van der Waals surface area contributed by atoms with Crippen molar-refractivity contribution in [1.29, 1.82) is 0 Å². The monoisotopic (exact) mass is 213 g/mol. The summed E-state index contributed by atoms with van der Waals surface area (Å²) >= 11 is 0. The average molecular weight is 213 g/mol. The highest BCUT2D eigenvalue weighted by Gasteiger charge is 2.19. The predicted molar refractivity (Wildman–Crippen MR) is 57.9 cm³/mol. The molecule has 0 saturated heterocycles. The van der Waals surface area contributed by atoms with Crippen molar-refractivity contribution in [3.8, 4) is 0 Å². The molecule has 0 amide bonds. The Kier molecular flexibility index (Phi) is 4.21. The lowest BCUT2D eigenvalue weighted by Gasteiger charge is -2.21. The summed E-state index contributed by atoms with van der Waals surface area (Å²) in [6.07, 6.45) is 0. The minimum atomic E-state index is -0.381. The lowest BCUT2D eigenvalue weighted by molar-refractivity contribution is 0.453. The van der Waals surface area contributed by atoms with Gasteiger partial charge in [0.15, 0.2) is 0 Å². The normalized spacial score (nSPS) is 13.2. The molecule has 0 spiro atoms. The van der Waals surface area contributed by atoms with Gasteiger partial charge in [0.05, 0.1) is 0 Å². The van der Waals surface area contributed by atoms with E-state index in [2.05, 4.69) is 5.32 Å². The van der Waals surface area contributed by atoms with Gasteiger partial charge in [-0.25, -0.2) is 8.78 Å². The number of hydrogen-bond acceptors (Lipinski definition) is 1. The highest BCUT2D eigenvalue weighted by Crippen LogP contribution is 2.26. The Morgan fingerprint density at radius 1 is 1.27 bits per heavy atom. The van der Waals surface area contributed by atoms with Gasteiger partial charge in [-0.05, 0) is 36.7 Å². The van der Waals surface area contributed by atoms with Gasteiger partial charge in [0, 0.05) is 12.5 Å². The zero-order valence-electron chi connectivity index (χ0n) is 9.35. The molecule has 1 N–H and O–H groups in total. The molecule has 84 valence electrons. The fraction of sp³-hybridized carbons (Fsp3) is 0.500. The van der Waals surface area contributed by atoms with E-state index in [1.807, 2.05) is 20.9 Å². The summed E-state index contributed by atoms with van der Waals surface area (Å²) < 4.78 is 26.5. The van der Waals surface area contributed by atoms with Gasteiger partial charge in [-0.15, -0.1) is 0 Å². The third-order valence-electron chi connectivity index (χ3n) is 2.59. The van der Waals surface area contributed by atoms with Crippen LogP contribution in [0.4, 0.5) is 8.78 Å². The number of nitrogens with one attached hydrogen (secondary N) is 1. The molecule has 0 heterocycles. The smallest absolute Gasteiger partial charge is 0.126 e. The zero-order valence-corrected chi connectivity index (χ0v) is 9.35. The molecule has 1 aromatic rings. The summed E-state index contributed by atoms with van der Waals surface area (Å²) in [5.74, 6) is -0.432. The molecule has 0 fully saturated rings. The van der Waals surface area contributed by atoms with Crippen molar-refractivity contribution in [3.63, 3.8) is 0 Å². The third kappa shape index (κ3) is 2.99. The van der Waals surface area contributed by atoms with Crippen molar-refractivity contribution in [1.82, 2.24) is 5.32 Å². The van der Waals surface area contributed by atoms with Crippen LogP contribution in [0.5, 0.6) is 0 Å². The number of rotatable bonds is 4. The van der Waals surface area contributed by atoms with Gasteiger partial charge in [-0.2, -0.15) is 0 Å². The summed E-state index contributed by atoms with van der Waals surface area (Å²) in [6, 6.07) is 3.63. The van der Waals surface area contributed by atoms with Crippen LogP contribution in [0.1, 0.15) is 25.3 Å². The van der Waals surface area contributed by atoms with Crippen molar-refractivity contribution in [2.75, 3.05) is 13.6 Å². The first-order valence-electron chi connectivity index (χ1n) is 5.15. The molecule has 0 aliphatic heterocycles. The van der Waals surface area contributed by atoms with Crippen molar-refractivity contribution < 1.29 is 8.78 Å². The van der Waals surface area contributed by atoms with Gasteiger partial charge in [0.1, 0.15) is 11.6 Å². The maximum atomic E-state index is 13.5. The molecule has 0 radical (unpaired) electrons. The number of halogens is 2. The van der Waals surface area contributed by atoms with Crippen LogP contribution >= 0.6 is 0 Å². The highest BCUT2D eigenvalue weighted by atomic mass is 19.1. The first-order chi connectivity index (χ1) is 7.06. The second kappa shape index (κ2) is 5.21. The number of hydrogen-bond donors (Lipinski definition) is 1. The third-order valence-corrected chi connectivity index (χ3v) is 2.59. The molecule has 1 nitrogen and oxygen atoms in total. The summed E-state index contributed by atoms with van der Waals surface area (Å²) in [5, 5.41) is 3.01.